The first kappa shape index (κ1) is 16.7. The van der Waals surface area contributed by atoms with E-state index < -0.39 is 0 Å². The summed E-state index contributed by atoms with van der Waals surface area (Å²) in [4.78, 5) is 25.6. The van der Waals surface area contributed by atoms with Crippen LogP contribution < -0.4 is 10.6 Å². The molecule has 0 saturated heterocycles. The summed E-state index contributed by atoms with van der Waals surface area (Å²) in [6.45, 7) is 5.70. The van der Waals surface area contributed by atoms with Gasteiger partial charge in [0, 0.05) is 17.5 Å². The predicted octanol–water partition coefficient (Wildman–Crippen LogP) is 4.39. The highest BCUT2D eigenvalue weighted by Crippen LogP contribution is 2.40. The molecule has 1 atom stereocenters. The maximum Gasteiger partial charge on any atom is 0.258 e. The summed E-state index contributed by atoms with van der Waals surface area (Å²) in [6.07, 6.45) is 2.95. The molecule has 126 valence electrons. The number of rotatable bonds is 3. The number of carbonyl (C=O) groups is 2. The molecule has 1 aliphatic rings. The lowest BCUT2D eigenvalue weighted by atomic mass is 9.88. The van der Waals surface area contributed by atoms with Crippen molar-refractivity contribution >= 4 is 33.8 Å². The molecular formula is C19H22N2O2S. The first-order valence-electron chi connectivity index (χ1n) is 8.24. The van der Waals surface area contributed by atoms with Gasteiger partial charge in [-0.15, -0.1) is 11.3 Å². The molecule has 5 heteroatoms. The van der Waals surface area contributed by atoms with E-state index >= 15 is 0 Å². The van der Waals surface area contributed by atoms with Gasteiger partial charge < -0.3 is 10.6 Å². The quantitative estimate of drug-likeness (QED) is 0.869. The van der Waals surface area contributed by atoms with Crippen molar-refractivity contribution in [3.05, 3.63) is 45.8 Å². The third-order valence-corrected chi connectivity index (χ3v) is 5.47. The molecule has 4 nitrogen and oxygen atoms in total. The molecule has 2 N–H and O–H groups in total. The van der Waals surface area contributed by atoms with Crippen LogP contribution in [-0.2, 0) is 17.6 Å². The molecule has 0 spiro atoms. The lowest BCUT2D eigenvalue weighted by Gasteiger charge is -2.18. The molecule has 1 aliphatic carbocycles. The van der Waals surface area contributed by atoms with Crippen LogP contribution in [0, 0.1) is 12.8 Å². The van der Waals surface area contributed by atoms with Gasteiger partial charge in [0.25, 0.3) is 5.91 Å². The van der Waals surface area contributed by atoms with Gasteiger partial charge >= 0.3 is 0 Å². The molecule has 2 aromatic rings. The van der Waals surface area contributed by atoms with Crippen LogP contribution in [0.1, 0.15) is 46.6 Å². The molecule has 0 unspecified atom stereocenters. The number of hydrogen-bond acceptors (Lipinski definition) is 3. The molecule has 1 aromatic carbocycles. The van der Waals surface area contributed by atoms with Crippen LogP contribution in [0.5, 0.6) is 0 Å². The summed E-state index contributed by atoms with van der Waals surface area (Å²) >= 11 is 1.54. The minimum absolute atomic E-state index is 0.142. The van der Waals surface area contributed by atoms with E-state index in [0.717, 1.165) is 36.1 Å². The van der Waals surface area contributed by atoms with E-state index in [4.69, 9.17) is 0 Å². The molecule has 3 rings (SSSR count). The first-order chi connectivity index (χ1) is 11.4. The number of hydrogen-bond donors (Lipinski definition) is 2. The number of benzene rings is 1. The molecule has 24 heavy (non-hydrogen) atoms. The van der Waals surface area contributed by atoms with Gasteiger partial charge in [-0.1, -0.05) is 19.1 Å². The van der Waals surface area contributed by atoms with Gasteiger partial charge in [-0.25, -0.2) is 0 Å². The van der Waals surface area contributed by atoms with Gasteiger partial charge in [0.2, 0.25) is 5.91 Å². The predicted molar refractivity (Wildman–Crippen MR) is 98.9 cm³/mol. The minimum Gasteiger partial charge on any atom is -0.322 e. The van der Waals surface area contributed by atoms with Gasteiger partial charge in [0.1, 0.15) is 5.00 Å². The summed E-state index contributed by atoms with van der Waals surface area (Å²) in [5, 5.41) is 6.49. The van der Waals surface area contributed by atoms with Crippen molar-refractivity contribution in [3.63, 3.8) is 0 Å². The fourth-order valence-corrected chi connectivity index (χ4v) is 4.61. The van der Waals surface area contributed by atoms with Crippen molar-refractivity contribution < 1.29 is 9.59 Å². The van der Waals surface area contributed by atoms with Gasteiger partial charge in [-0.05, 0) is 55.4 Å². The van der Waals surface area contributed by atoms with E-state index in [0.29, 0.717) is 16.5 Å². The highest BCUT2D eigenvalue weighted by atomic mass is 32.1. The van der Waals surface area contributed by atoms with Crippen molar-refractivity contribution in [3.8, 4) is 0 Å². The molecule has 0 bridgehead atoms. The second kappa shape index (κ2) is 6.77. The van der Waals surface area contributed by atoms with Crippen LogP contribution in [0.2, 0.25) is 0 Å². The van der Waals surface area contributed by atoms with Crippen LogP contribution >= 0.6 is 11.3 Å². The molecule has 1 aromatic heterocycles. The Hall–Kier alpha value is -2.14. The smallest absolute Gasteiger partial charge is 0.258 e. The Kier molecular flexibility index (Phi) is 4.71. The van der Waals surface area contributed by atoms with Gasteiger partial charge in [0.05, 0.1) is 5.56 Å². The Balaban J connectivity index is 1.95. The lowest BCUT2D eigenvalue weighted by Crippen LogP contribution is -2.18. The summed E-state index contributed by atoms with van der Waals surface area (Å²) in [5.41, 5.74) is 3.61. The average Bonchev–Trinajstić information content (AvgIpc) is 2.83. The van der Waals surface area contributed by atoms with Crippen LogP contribution in [0.15, 0.2) is 24.3 Å². The first-order valence-corrected chi connectivity index (χ1v) is 9.06. The fraction of sp³-hybridized carbons (Fsp3) is 0.368. The van der Waals surface area contributed by atoms with Crippen molar-refractivity contribution in [2.45, 2.75) is 40.0 Å². The van der Waals surface area contributed by atoms with Crippen molar-refractivity contribution in [1.29, 1.82) is 0 Å². The maximum atomic E-state index is 12.9. The summed E-state index contributed by atoms with van der Waals surface area (Å²) in [7, 11) is 0. The number of thiophene rings is 1. The Morgan fingerprint density at radius 2 is 2.04 bits per heavy atom. The van der Waals surface area contributed by atoms with Gasteiger partial charge in [-0.2, -0.15) is 0 Å². The molecule has 0 saturated carbocycles. The van der Waals surface area contributed by atoms with E-state index in [1.54, 1.807) is 11.3 Å². The zero-order chi connectivity index (χ0) is 17.3. The lowest BCUT2D eigenvalue weighted by molar-refractivity contribution is -0.114. The Bertz CT molecular complexity index is 795. The molecule has 2 amide bonds. The molecule has 0 radical (unpaired) electrons. The van der Waals surface area contributed by atoms with Crippen molar-refractivity contribution in [2.24, 2.45) is 5.92 Å². The minimum atomic E-state index is -0.147. The number of anilines is 2. The standard InChI is InChI=1S/C19H22N2O2S/c1-11-5-4-6-14(9-11)21-18(23)17-15-8-7-12(2)10-16(15)24-19(17)20-13(3)22/h4-6,9,12H,7-8,10H2,1-3H3,(H,20,22)(H,21,23)/t12-/m1/s1. The van der Waals surface area contributed by atoms with Crippen molar-refractivity contribution in [1.82, 2.24) is 0 Å². The number of aryl methyl sites for hydroxylation is 1. The monoisotopic (exact) mass is 342 g/mol. The molecule has 0 aliphatic heterocycles. The van der Waals surface area contributed by atoms with Gasteiger partial charge in [-0.3, -0.25) is 9.59 Å². The van der Waals surface area contributed by atoms with Crippen LogP contribution in [0.3, 0.4) is 0 Å². The summed E-state index contributed by atoms with van der Waals surface area (Å²) in [6, 6.07) is 7.73. The summed E-state index contributed by atoms with van der Waals surface area (Å²) < 4.78 is 0. The Morgan fingerprint density at radius 1 is 1.25 bits per heavy atom. The van der Waals surface area contributed by atoms with Crippen LogP contribution in [-0.4, -0.2) is 11.8 Å². The van der Waals surface area contributed by atoms with Crippen LogP contribution in [0.25, 0.3) is 0 Å². The fourth-order valence-electron chi connectivity index (χ4n) is 3.16. The number of nitrogens with one attached hydrogen (secondary N) is 2. The Labute approximate surface area is 146 Å². The SMILES string of the molecule is CC(=O)Nc1sc2c(c1C(=O)Nc1cccc(C)c1)CC[C@@H](C)C2. The third kappa shape index (κ3) is 3.51. The van der Waals surface area contributed by atoms with Gasteiger partial charge in [0.15, 0.2) is 0 Å². The Morgan fingerprint density at radius 3 is 2.75 bits per heavy atom. The maximum absolute atomic E-state index is 12.9. The van der Waals surface area contributed by atoms with E-state index in [2.05, 4.69) is 17.6 Å². The van der Waals surface area contributed by atoms with E-state index in [1.807, 2.05) is 31.2 Å². The highest BCUT2D eigenvalue weighted by molar-refractivity contribution is 7.17. The zero-order valence-electron chi connectivity index (χ0n) is 14.2. The van der Waals surface area contributed by atoms with Crippen molar-refractivity contribution in [2.75, 3.05) is 10.6 Å². The second-order valence-corrected chi connectivity index (χ2v) is 7.67. The van der Waals surface area contributed by atoms with Crippen LogP contribution in [0.4, 0.5) is 10.7 Å². The highest BCUT2D eigenvalue weighted by Gasteiger charge is 2.28. The van der Waals surface area contributed by atoms with E-state index in [1.165, 1.54) is 11.8 Å². The third-order valence-electron chi connectivity index (χ3n) is 4.30. The summed E-state index contributed by atoms with van der Waals surface area (Å²) in [5.74, 6) is 0.330. The molecular weight excluding hydrogens is 320 g/mol. The zero-order valence-corrected chi connectivity index (χ0v) is 15.0. The number of fused-ring (bicyclic) bond motifs is 1. The normalized spacial score (nSPS) is 16.4. The second-order valence-electron chi connectivity index (χ2n) is 6.56. The molecule has 1 heterocycles. The molecule has 0 fully saturated rings. The number of amides is 2. The average molecular weight is 342 g/mol. The largest absolute Gasteiger partial charge is 0.322 e. The number of carbonyl (C=O) groups excluding carboxylic acids is 2. The van der Waals surface area contributed by atoms with E-state index in [9.17, 15) is 9.59 Å². The topological polar surface area (TPSA) is 58.2 Å². The van der Waals surface area contributed by atoms with E-state index in [-0.39, 0.29) is 11.8 Å².